The van der Waals surface area contributed by atoms with Gasteiger partial charge < -0.3 is 15.7 Å². The molecule has 29 heavy (non-hydrogen) atoms. The first-order valence-electron chi connectivity index (χ1n) is 10.7. The summed E-state index contributed by atoms with van der Waals surface area (Å²) in [5.41, 5.74) is 1.09. The van der Waals surface area contributed by atoms with Crippen molar-refractivity contribution in [1.82, 2.24) is 10.6 Å². The van der Waals surface area contributed by atoms with Gasteiger partial charge in [0.05, 0.1) is 16.9 Å². The fourth-order valence-electron chi connectivity index (χ4n) is 4.25. The van der Waals surface area contributed by atoms with Crippen LogP contribution in [0.1, 0.15) is 69.8 Å². The molecule has 1 aliphatic rings. The number of aliphatic carboxylic acids is 1. The maximum absolute atomic E-state index is 12.7. The van der Waals surface area contributed by atoms with Gasteiger partial charge in [-0.15, -0.1) is 0 Å². The highest BCUT2D eigenvalue weighted by atomic mass is 32.1. The van der Waals surface area contributed by atoms with Crippen LogP contribution in [-0.2, 0) is 9.59 Å². The van der Waals surface area contributed by atoms with E-state index < -0.39 is 11.9 Å². The first-order chi connectivity index (χ1) is 13.9. The molecule has 1 aliphatic carbocycles. The normalized spacial score (nSPS) is 17.7. The van der Waals surface area contributed by atoms with Crippen LogP contribution in [0, 0.1) is 11.8 Å². The van der Waals surface area contributed by atoms with Crippen LogP contribution < -0.4 is 10.6 Å². The van der Waals surface area contributed by atoms with Crippen LogP contribution in [0.3, 0.4) is 0 Å². The molecule has 3 atom stereocenters. The Balaban J connectivity index is 1.95. The first kappa shape index (κ1) is 23.3. The molecule has 0 aliphatic heterocycles. The Kier molecular flexibility index (Phi) is 9.58. The van der Waals surface area contributed by atoms with Crippen molar-refractivity contribution in [3.63, 3.8) is 0 Å². The van der Waals surface area contributed by atoms with E-state index in [2.05, 4.69) is 10.6 Å². The van der Waals surface area contributed by atoms with Crippen LogP contribution in [0.25, 0.3) is 0 Å². The summed E-state index contributed by atoms with van der Waals surface area (Å²) in [7, 11) is 1.77. The van der Waals surface area contributed by atoms with Crippen molar-refractivity contribution in [2.24, 2.45) is 11.8 Å². The summed E-state index contributed by atoms with van der Waals surface area (Å²) < 4.78 is 0. The van der Waals surface area contributed by atoms with E-state index in [4.69, 9.17) is 12.2 Å². The van der Waals surface area contributed by atoms with Crippen molar-refractivity contribution in [2.75, 3.05) is 7.05 Å². The van der Waals surface area contributed by atoms with Crippen molar-refractivity contribution < 1.29 is 14.7 Å². The minimum atomic E-state index is -0.928. The van der Waals surface area contributed by atoms with Gasteiger partial charge >= 0.3 is 5.97 Å². The lowest BCUT2D eigenvalue weighted by Gasteiger charge is -2.28. The van der Waals surface area contributed by atoms with Crippen molar-refractivity contribution in [1.29, 1.82) is 0 Å². The zero-order valence-corrected chi connectivity index (χ0v) is 18.3. The SMILES string of the molecule is CNC(=S)[C@H](CC1CCCCC1)NC(=O)C[C@@H](CC(C)c1ccccc1)C(=O)O. The smallest absolute Gasteiger partial charge is 0.307 e. The number of benzene rings is 1. The Morgan fingerprint density at radius 2 is 1.83 bits per heavy atom. The second-order valence-corrected chi connectivity index (χ2v) is 8.70. The molecule has 1 aromatic carbocycles. The molecular weight excluding hydrogens is 384 g/mol. The van der Waals surface area contributed by atoms with E-state index in [0.717, 1.165) is 12.0 Å². The third kappa shape index (κ3) is 7.77. The van der Waals surface area contributed by atoms with Gasteiger partial charge in [0, 0.05) is 13.5 Å². The van der Waals surface area contributed by atoms with Gasteiger partial charge in [0.1, 0.15) is 0 Å². The lowest BCUT2D eigenvalue weighted by molar-refractivity contribution is -0.144. The van der Waals surface area contributed by atoms with Crippen LogP contribution in [0.15, 0.2) is 30.3 Å². The molecule has 0 bridgehead atoms. The maximum atomic E-state index is 12.7. The van der Waals surface area contributed by atoms with Crippen molar-refractivity contribution in [3.05, 3.63) is 35.9 Å². The number of carbonyl (C=O) groups excluding carboxylic acids is 1. The molecule has 0 saturated heterocycles. The topological polar surface area (TPSA) is 78.4 Å². The Morgan fingerprint density at radius 1 is 1.17 bits per heavy atom. The molecule has 2 rings (SSSR count). The van der Waals surface area contributed by atoms with E-state index in [1.807, 2.05) is 37.3 Å². The molecular formula is C23H34N2O3S. The zero-order valence-electron chi connectivity index (χ0n) is 17.5. The van der Waals surface area contributed by atoms with Crippen LogP contribution in [0.4, 0.5) is 0 Å². The number of nitrogens with one attached hydrogen (secondary N) is 2. The predicted octanol–water partition coefficient (Wildman–Crippen LogP) is 4.27. The second-order valence-electron chi connectivity index (χ2n) is 8.26. The lowest BCUT2D eigenvalue weighted by Crippen LogP contribution is -2.46. The fraction of sp³-hybridized carbons (Fsp3) is 0.609. The average molecular weight is 419 g/mol. The molecule has 6 heteroatoms. The van der Waals surface area contributed by atoms with Gasteiger partial charge in [-0.05, 0) is 30.2 Å². The van der Waals surface area contributed by atoms with Crippen LogP contribution in [0.5, 0.6) is 0 Å². The minimum Gasteiger partial charge on any atom is -0.481 e. The molecule has 0 radical (unpaired) electrons. The minimum absolute atomic E-state index is 0.0278. The summed E-state index contributed by atoms with van der Waals surface area (Å²) >= 11 is 5.42. The Morgan fingerprint density at radius 3 is 2.41 bits per heavy atom. The number of carbonyl (C=O) groups is 2. The summed E-state index contributed by atoms with van der Waals surface area (Å²) in [5.74, 6) is -1.25. The standard InChI is InChI=1S/C23H34N2O3S/c1-16(18-11-7-4-8-12-18)13-19(23(27)28)15-21(26)25-20(22(29)24-2)14-17-9-5-3-6-10-17/h4,7-8,11-12,16-17,19-20H,3,5-6,9-10,13-15H2,1-2H3,(H,24,29)(H,25,26)(H,27,28)/t16?,19-,20+/m1/s1. The molecule has 1 amide bonds. The number of hydrogen-bond donors (Lipinski definition) is 3. The highest BCUT2D eigenvalue weighted by molar-refractivity contribution is 7.80. The van der Waals surface area contributed by atoms with E-state index in [1.54, 1.807) is 7.05 Å². The molecule has 3 N–H and O–H groups in total. The van der Waals surface area contributed by atoms with E-state index in [0.29, 0.717) is 17.3 Å². The molecule has 5 nitrogen and oxygen atoms in total. The summed E-state index contributed by atoms with van der Waals surface area (Å²) in [6, 6.07) is 9.59. The molecule has 1 aromatic rings. The number of carboxylic acid groups (broad SMARTS) is 1. The van der Waals surface area contributed by atoms with Crippen molar-refractivity contribution in [3.8, 4) is 0 Å². The van der Waals surface area contributed by atoms with Crippen molar-refractivity contribution >= 4 is 29.1 Å². The number of amides is 1. The molecule has 1 saturated carbocycles. The second kappa shape index (κ2) is 11.9. The summed E-state index contributed by atoms with van der Waals surface area (Å²) in [6.07, 6.45) is 7.31. The summed E-state index contributed by atoms with van der Waals surface area (Å²) in [6.45, 7) is 2.01. The average Bonchev–Trinajstić information content (AvgIpc) is 2.73. The largest absolute Gasteiger partial charge is 0.481 e. The molecule has 1 fully saturated rings. The highest BCUT2D eigenvalue weighted by Gasteiger charge is 2.27. The van der Waals surface area contributed by atoms with Gasteiger partial charge in [0.15, 0.2) is 0 Å². The highest BCUT2D eigenvalue weighted by Crippen LogP contribution is 2.28. The van der Waals surface area contributed by atoms with Gasteiger partial charge in [-0.3, -0.25) is 9.59 Å². The van der Waals surface area contributed by atoms with E-state index in [-0.39, 0.29) is 24.3 Å². The quantitative estimate of drug-likeness (QED) is 0.495. The van der Waals surface area contributed by atoms with Gasteiger partial charge in [0.25, 0.3) is 0 Å². The van der Waals surface area contributed by atoms with Gasteiger partial charge in [-0.2, -0.15) is 0 Å². The van der Waals surface area contributed by atoms with Crippen LogP contribution in [-0.4, -0.2) is 35.1 Å². The lowest BCUT2D eigenvalue weighted by atomic mass is 9.84. The van der Waals surface area contributed by atoms with E-state index >= 15 is 0 Å². The monoisotopic (exact) mass is 418 g/mol. The van der Waals surface area contributed by atoms with Gasteiger partial charge in [-0.1, -0.05) is 81.6 Å². The Labute approximate surface area is 179 Å². The van der Waals surface area contributed by atoms with Gasteiger partial charge in [-0.25, -0.2) is 0 Å². The fourth-order valence-corrected chi connectivity index (χ4v) is 4.41. The summed E-state index contributed by atoms with van der Waals surface area (Å²) in [4.78, 5) is 25.1. The molecule has 0 aromatic heterocycles. The Bertz CT molecular complexity index is 674. The summed E-state index contributed by atoms with van der Waals surface area (Å²) in [5, 5.41) is 15.6. The number of likely N-dealkylation sites (N-methyl/N-ethyl adjacent to an activating group) is 1. The first-order valence-corrected chi connectivity index (χ1v) is 11.1. The maximum Gasteiger partial charge on any atom is 0.307 e. The Hall–Kier alpha value is -1.95. The third-order valence-corrected chi connectivity index (χ3v) is 6.47. The van der Waals surface area contributed by atoms with Crippen LogP contribution >= 0.6 is 12.2 Å². The van der Waals surface area contributed by atoms with Gasteiger partial charge in [0.2, 0.25) is 5.91 Å². The number of rotatable bonds is 10. The molecule has 0 spiro atoms. The third-order valence-electron chi connectivity index (χ3n) is 5.98. The predicted molar refractivity (Wildman–Crippen MR) is 120 cm³/mol. The number of hydrogen-bond acceptors (Lipinski definition) is 3. The number of carboxylic acids is 1. The number of thiocarbonyl (C=S) groups is 1. The molecule has 0 heterocycles. The molecule has 160 valence electrons. The van der Waals surface area contributed by atoms with E-state index in [9.17, 15) is 14.7 Å². The molecule has 1 unspecified atom stereocenters. The van der Waals surface area contributed by atoms with Crippen LogP contribution in [0.2, 0.25) is 0 Å². The van der Waals surface area contributed by atoms with E-state index in [1.165, 1.54) is 32.1 Å². The zero-order chi connectivity index (χ0) is 21.2. The van der Waals surface area contributed by atoms with Crippen molar-refractivity contribution in [2.45, 2.75) is 70.3 Å².